The van der Waals surface area contributed by atoms with E-state index < -0.39 is 6.04 Å². The summed E-state index contributed by atoms with van der Waals surface area (Å²) in [5.41, 5.74) is 1.26. The third-order valence-electron chi connectivity index (χ3n) is 5.50. The van der Waals surface area contributed by atoms with Gasteiger partial charge in [-0.2, -0.15) is 0 Å². The lowest BCUT2D eigenvalue weighted by Crippen LogP contribution is -3.27. The molecule has 1 atom stereocenters. The molecule has 0 spiro atoms. The summed E-state index contributed by atoms with van der Waals surface area (Å²) in [6, 6.07) is 7.71. The summed E-state index contributed by atoms with van der Waals surface area (Å²) in [5.74, 6) is -0.372. The van der Waals surface area contributed by atoms with E-state index in [1.54, 1.807) is 35.8 Å². The minimum absolute atomic E-state index is 0.0378. The van der Waals surface area contributed by atoms with Gasteiger partial charge in [-0.15, -0.1) is 0 Å². The number of quaternary nitrogens is 2. The highest BCUT2D eigenvalue weighted by atomic mass is 19.1. The number of likely N-dealkylation sites (N-methyl/N-ethyl adjacent to an activating group) is 1. The van der Waals surface area contributed by atoms with Crippen LogP contribution in [0.3, 0.4) is 0 Å². The average molecular weight is 361 g/mol. The van der Waals surface area contributed by atoms with Crippen molar-refractivity contribution < 1.29 is 19.3 Å². The summed E-state index contributed by atoms with van der Waals surface area (Å²) in [7, 11) is 2.14. The van der Waals surface area contributed by atoms with Gasteiger partial charge in [-0.25, -0.2) is 4.39 Å². The van der Waals surface area contributed by atoms with Crippen LogP contribution in [0.5, 0.6) is 5.75 Å². The highest BCUT2D eigenvalue weighted by molar-refractivity contribution is 5.39. The van der Waals surface area contributed by atoms with Gasteiger partial charge in [0.1, 0.15) is 43.3 Å². The molecule has 0 bridgehead atoms. The fourth-order valence-corrected chi connectivity index (χ4v) is 4.01. The van der Waals surface area contributed by atoms with Gasteiger partial charge < -0.3 is 19.5 Å². The number of benzene rings is 1. The summed E-state index contributed by atoms with van der Waals surface area (Å²) < 4.78 is 16.3. The van der Waals surface area contributed by atoms with E-state index in [9.17, 15) is 14.3 Å². The number of aryl methyl sites for hydroxylation is 1. The number of aromatic hydroxyl groups is 1. The second-order valence-electron chi connectivity index (χ2n) is 7.20. The van der Waals surface area contributed by atoms with Crippen LogP contribution in [0.1, 0.15) is 29.8 Å². The van der Waals surface area contributed by atoms with Crippen LogP contribution in [-0.2, 0) is 6.54 Å². The molecule has 2 heterocycles. The molecule has 5 nitrogen and oxygen atoms in total. The number of pyridine rings is 1. The van der Waals surface area contributed by atoms with Crippen molar-refractivity contribution in [3.05, 3.63) is 63.3 Å². The van der Waals surface area contributed by atoms with Gasteiger partial charge >= 0.3 is 0 Å². The van der Waals surface area contributed by atoms with Crippen molar-refractivity contribution in [2.75, 3.05) is 33.2 Å². The van der Waals surface area contributed by atoms with Gasteiger partial charge in [-0.3, -0.25) is 4.79 Å². The Morgan fingerprint density at radius 1 is 1.23 bits per heavy atom. The molecule has 140 valence electrons. The number of aromatic nitrogens is 1. The van der Waals surface area contributed by atoms with Gasteiger partial charge in [-0.1, -0.05) is 12.1 Å². The van der Waals surface area contributed by atoms with Crippen LogP contribution in [0.25, 0.3) is 0 Å². The Bertz CT molecular complexity index is 841. The van der Waals surface area contributed by atoms with Gasteiger partial charge in [-0.05, 0) is 32.0 Å². The maximum atomic E-state index is 14.7. The number of hydrogen-bond donors (Lipinski definition) is 3. The number of nitrogens with zero attached hydrogens (tertiary/aromatic N) is 1. The minimum Gasteiger partial charge on any atom is -0.507 e. The van der Waals surface area contributed by atoms with E-state index >= 15 is 0 Å². The van der Waals surface area contributed by atoms with Crippen molar-refractivity contribution in [1.29, 1.82) is 0 Å². The quantitative estimate of drug-likeness (QED) is 0.689. The van der Waals surface area contributed by atoms with E-state index in [1.807, 2.05) is 6.92 Å². The zero-order valence-corrected chi connectivity index (χ0v) is 15.7. The molecule has 0 radical (unpaired) electrons. The van der Waals surface area contributed by atoms with Crippen LogP contribution in [-0.4, -0.2) is 42.9 Å². The average Bonchev–Trinajstić information content (AvgIpc) is 2.61. The van der Waals surface area contributed by atoms with Crippen LogP contribution >= 0.6 is 0 Å². The monoisotopic (exact) mass is 361 g/mol. The number of nitrogens with one attached hydrogen (secondary N) is 2. The predicted octanol–water partition coefficient (Wildman–Crippen LogP) is -0.476. The number of piperazine rings is 1. The van der Waals surface area contributed by atoms with E-state index in [0.717, 1.165) is 31.1 Å². The smallest absolute Gasteiger partial charge is 0.264 e. The molecule has 0 aliphatic carbocycles. The van der Waals surface area contributed by atoms with Crippen molar-refractivity contribution in [2.45, 2.75) is 26.4 Å². The second kappa shape index (κ2) is 7.60. The van der Waals surface area contributed by atoms with Gasteiger partial charge in [0.15, 0.2) is 6.04 Å². The fraction of sp³-hybridized carbons (Fsp3) is 0.450. The largest absolute Gasteiger partial charge is 0.507 e. The molecular weight excluding hydrogens is 333 g/mol. The number of rotatable bonds is 4. The maximum absolute atomic E-state index is 14.7. The first kappa shape index (κ1) is 18.6. The summed E-state index contributed by atoms with van der Waals surface area (Å²) in [4.78, 5) is 15.7. The zero-order valence-electron chi connectivity index (χ0n) is 15.7. The maximum Gasteiger partial charge on any atom is 0.264 e. The molecular formula is C20H28FN3O2+2. The van der Waals surface area contributed by atoms with E-state index in [1.165, 1.54) is 11.0 Å². The molecule has 3 rings (SSSR count). The van der Waals surface area contributed by atoms with Crippen molar-refractivity contribution >= 4 is 0 Å². The van der Waals surface area contributed by atoms with Crippen LogP contribution in [0.15, 0.2) is 35.1 Å². The molecule has 6 heteroatoms. The summed E-state index contributed by atoms with van der Waals surface area (Å²) in [6.45, 7) is 7.78. The standard InChI is InChI=1S/C20H26FN3O2/c1-4-24-14(2)13-17(25)18(20(24)26)19(15-7-5-6-8-16(15)21)23-11-9-22(3)10-12-23/h5-8,13,19,25H,4,9-12H2,1-3H3/p+2/t19-/m1/s1. The molecule has 26 heavy (non-hydrogen) atoms. The van der Waals surface area contributed by atoms with Gasteiger partial charge in [0.25, 0.3) is 5.56 Å². The van der Waals surface area contributed by atoms with Gasteiger partial charge in [0, 0.05) is 12.2 Å². The predicted molar refractivity (Wildman–Crippen MR) is 98.3 cm³/mol. The summed E-state index contributed by atoms with van der Waals surface area (Å²) in [5, 5.41) is 10.6. The Kier molecular flexibility index (Phi) is 5.44. The summed E-state index contributed by atoms with van der Waals surface area (Å²) in [6.07, 6.45) is 0. The molecule has 1 fully saturated rings. The van der Waals surface area contributed by atoms with Crippen molar-refractivity contribution in [3.8, 4) is 5.75 Å². The SMILES string of the molecule is CCn1c(C)cc(O)c([C@@H](c2ccccc2F)[NH+]2CC[NH+](C)CC2)c1=O. The van der Waals surface area contributed by atoms with E-state index in [2.05, 4.69) is 7.05 Å². The highest BCUT2D eigenvalue weighted by Crippen LogP contribution is 2.27. The second-order valence-corrected chi connectivity index (χ2v) is 7.20. The van der Waals surface area contributed by atoms with Crippen LogP contribution < -0.4 is 15.4 Å². The van der Waals surface area contributed by atoms with Crippen molar-refractivity contribution in [3.63, 3.8) is 0 Å². The van der Waals surface area contributed by atoms with E-state index in [-0.39, 0.29) is 17.1 Å². The molecule has 1 saturated heterocycles. The van der Waals surface area contributed by atoms with E-state index in [4.69, 9.17) is 0 Å². The third kappa shape index (κ3) is 3.39. The first-order valence-corrected chi connectivity index (χ1v) is 9.27. The lowest BCUT2D eigenvalue weighted by Gasteiger charge is -2.34. The van der Waals surface area contributed by atoms with Crippen LogP contribution in [0, 0.1) is 12.7 Å². The molecule has 0 amide bonds. The molecule has 3 N–H and O–H groups in total. The normalized spacial score (nSPS) is 21.5. The Balaban J connectivity index is 2.19. The molecule has 2 aromatic rings. The highest BCUT2D eigenvalue weighted by Gasteiger charge is 2.36. The third-order valence-corrected chi connectivity index (χ3v) is 5.50. The topological polar surface area (TPSA) is 51.1 Å². The summed E-state index contributed by atoms with van der Waals surface area (Å²) >= 11 is 0. The van der Waals surface area contributed by atoms with E-state index in [0.29, 0.717) is 23.4 Å². The zero-order chi connectivity index (χ0) is 18.8. The Hall–Kier alpha value is -2.18. The minimum atomic E-state index is -0.504. The first-order valence-electron chi connectivity index (χ1n) is 9.27. The molecule has 1 aliphatic rings. The van der Waals surface area contributed by atoms with Gasteiger partial charge in [0.2, 0.25) is 0 Å². The Morgan fingerprint density at radius 3 is 2.50 bits per heavy atom. The Labute approximate surface area is 153 Å². The molecule has 1 aromatic carbocycles. The lowest BCUT2D eigenvalue weighted by atomic mass is 9.95. The lowest BCUT2D eigenvalue weighted by molar-refractivity contribution is -1.02. The van der Waals surface area contributed by atoms with Crippen molar-refractivity contribution in [1.82, 2.24) is 4.57 Å². The Morgan fingerprint density at radius 2 is 1.88 bits per heavy atom. The first-order chi connectivity index (χ1) is 12.4. The van der Waals surface area contributed by atoms with Crippen LogP contribution in [0.4, 0.5) is 4.39 Å². The van der Waals surface area contributed by atoms with Crippen molar-refractivity contribution in [2.24, 2.45) is 0 Å². The number of hydrogen-bond acceptors (Lipinski definition) is 2. The van der Waals surface area contributed by atoms with Gasteiger partial charge in [0.05, 0.1) is 12.6 Å². The number of halogens is 1. The molecule has 1 aliphatic heterocycles. The molecule has 1 aromatic heterocycles. The molecule has 0 unspecified atom stereocenters. The van der Waals surface area contributed by atoms with Crippen LogP contribution in [0.2, 0.25) is 0 Å². The molecule has 0 saturated carbocycles. The fourth-order valence-electron chi connectivity index (χ4n) is 4.01.